The molecule has 0 aliphatic carbocycles. The summed E-state index contributed by atoms with van der Waals surface area (Å²) >= 11 is 18.6. The van der Waals surface area contributed by atoms with Crippen molar-refractivity contribution in [2.75, 3.05) is 11.9 Å². The number of pyridine rings is 1. The molecule has 194 valence electrons. The number of nitrogens with zero attached hydrogens (tertiary/aromatic N) is 3. The van der Waals surface area contributed by atoms with Gasteiger partial charge in [0.1, 0.15) is 0 Å². The molecule has 1 fully saturated rings. The van der Waals surface area contributed by atoms with Crippen LogP contribution in [0.2, 0.25) is 10.0 Å². The van der Waals surface area contributed by atoms with Gasteiger partial charge in [-0.2, -0.15) is 0 Å². The van der Waals surface area contributed by atoms with Crippen molar-refractivity contribution >= 4 is 52.1 Å². The van der Waals surface area contributed by atoms with Crippen LogP contribution in [0, 0.1) is 13.8 Å². The molecule has 0 unspecified atom stereocenters. The molecule has 0 radical (unpaired) electrons. The molecule has 2 N–H and O–H groups in total. The number of aryl methyl sites for hydroxylation is 2. The standard InChI is InChI=1S/C29H27Cl2N5OS/c1-18-8-9-19(2)23(16-18)33-26(37)12-15-36-28(27(34-29(36)38)22-6-3-4-13-32-22)25-7-5-14-35(25)24-11-10-20(30)17-21(24)31/h3-11,13-14,16-17,27-28H,12,15H2,1-2H3,(H,33,37)(H,34,38)/t27-,28+/m1/s1. The van der Waals surface area contributed by atoms with E-state index in [0.29, 0.717) is 21.7 Å². The number of aromatic nitrogens is 2. The van der Waals surface area contributed by atoms with Crippen LogP contribution in [0.5, 0.6) is 0 Å². The highest BCUT2D eigenvalue weighted by Gasteiger charge is 2.41. The van der Waals surface area contributed by atoms with Crippen LogP contribution in [0.1, 0.15) is 41.0 Å². The molecule has 6 nitrogen and oxygen atoms in total. The molecule has 2 atom stereocenters. The minimum absolute atomic E-state index is 0.0716. The molecule has 3 heterocycles. The Morgan fingerprint density at radius 2 is 1.92 bits per heavy atom. The largest absolute Gasteiger partial charge is 0.352 e. The Hall–Kier alpha value is -3.39. The van der Waals surface area contributed by atoms with Crippen LogP contribution in [0.3, 0.4) is 0 Å². The van der Waals surface area contributed by atoms with Crippen LogP contribution in [0.15, 0.2) is 79.1 Å². The summed E-state index contributed by atoms with van der Waals surface area (Å²) in [6, 6.07) is 20.9. The van der Waals surface area contributed by atoms with E-state index in [9.17, 15) is 4.79 Å². The van der Waals surface area contributed by atoms with Crippen molar-refractivity contribution in [2.24, 2.45) is 0 Å². The average Bonchev–Trinajstić information content (AvgIpc) is 3.49. The summed E-state index contributed by atoms with van der Waals surface area (Å²) in [6.07, 6.45) is 4.00. The number of hydrogen-bond donors (Lipinski definition) is 2. The summed E-state index contributed by atoms with van der Waals surface area (Å²) in [7, 11) is 0. The Bertz CT molecular complexity index is 1490. The summed E-state index contributed by atoms with van der Waals surface area (Å²) in [6.45, 7) is 4.42. The van der Waals surface area contributed by atoms with E-state index in [4.69, 9.17) is 35.4 Å². The van der Waals surface area contributed by atoms with E-state index in [1.807, 2.05) is 85.3 Å². The van der Waals surface area contributed by atoms with Crippen LogP contribution in [0.4, 0.5) is 5.69 Å². The van der Waals surface area contributed by atoms with Gasteiger partial charge in [0, 0.05) is 41.8 Å². The Morgan fingerprint density at radius 3 is 2.68 bits per heavy atom. The zero-order chi connectivity index (χ0) is 26.8. The number of amides is 1. The number of anilines is 1. The molecule has 0 saturated carbocycles. The van der Waals surface area contributed by atoms with Crippen molar-refractivity contribution in [1.82, 2.24) is 19.8 Å². The number of nitrogens with one attached hydrogen (secondary N) is 2. The highest BCUT2D eigenvalue weighted by Crippen LogP contribution is 2.40. The second-order valence-corrected chi connectivity index (χ2v) is 10.6. The molecule has 38 heavy (non-hydrogen) atoms. The number of benzene rings is 2. The van der Waals surface area contributed by atoms with E-state index in [-0.39, 0.29) is 24.4 Å². The predicted molar refractivity (Wildman–Crippen MR) is 157 cm³/mol. The van der Waals surface area contributed by atoms with Gasteiger partial charge in [-0.15, -0.1) is 0 Å². The summed E-state index contributed by atoms with van der Waals surface area (Å²) < 4.78 is 2.04. The molecule has 2 aromatic heterocycles. The molecule has 1 amide bonds. The van der Waals surface area contributed by atoms with E-state index in [0.717, 1.165) is 33.9 Å². The zero-order valence-electron chi connectivity index (χ0n) is 21.0. The highest BCUT2D eigenvalue weighted by molar-refractivity contribution is 7.80. The van der Waals surface area contributed by atoms with Crippen LogP contribution in [-0.4, -0.2) is 32.0 Å². The van der Waals surface area contributed by atoms with Crippen LogP contribution in [0.25, 0.3) is 5.69 Å². The van der Waals surface area contributed by atoms with Crippen molar-refractivity contribution in [3.8, 4) is 5.69 Å². The quantitative estimate of drug-likeness (QED) is 0.242. The van der Waals surface area contributed by atoms with E-state index in [1.165, 1.54) is 0 Å². The first-order valence-electron chi connectivity index (χ1n) is 12.3. The molecule has 1 aliphatic rings. The lowest BCUT2D eigenvalue weighted by Gasteiger charge is -2.29. The third kappa shape index (κ3) is 5.41. The smallest absolute Gasteiger partial charge is 0.226 e. The minimum Gasteiger partial charge on any atom is -0.352 e. The van der Waals surface area contributed by atoms with E-state index in [1.54, 1.807) is 12.3 Å². The van der Waals surface area contributed by atoms with Gasteiger partial charge in [-0.1, -0.05) is 41.4 Å². The fourth-order valence-corrected chi connectivity index (χ4v) is 5.64. The monoisotopic (exact) mass is 563 g/mol. The second kappa shape index (κ2) is 11.2. The third-order valence-corrected chi connectivity index (χ3v) is 7.59. The summed E-state index contributed by atoms with van der Waals surface area (Å²) in [4.78, 5) is 19.7. The first-order valence-corrected chi connectivity index (χ1v) is 13.5. The van der Waals surface area contributed by atoms with Gasteiger partial charge in [-0.05, 0) is 85.7 Å². The van der Waals surface area contributed by atoms with Gasteiger partial charge < -0.3 is 20.1 Å². The first kappa shape index (κ1) is 26.2. The highest BCUT2D eigenvalue weighted by atomic mass is 35.5. The molecule has 4 aromatic rings. The second-order valence-electron chi connectivity index (χ2n) is 9.34. The molecule has 0 bridgehead atoms. The van der Waals surface area contributed by atoms with E-state index in [2.05, 4.69) is 20.5 Å². The molecule has 5 rings (SSSR count). The maximum Gasteiger partial charge on any atom is 0.226 e. The fourth-order valence-electron chi connectivity index (χ4n) is 4.80. The summed E-state index contributed by atoms with van der Waals surface area (Å²) in [5, 5.41) is 8.18. The van der Waals surface area contributed by atoms with Crippen molar-refractivity contribution in [2.45, 2.75) is 32.4 Å². The number of hydrogen-bond acceptors (Lipinski definition) is 3. The normalized spacial score (nSPS) is 16.9. The Morgan fingerprint density at radius 1 is 1.08 bits per heavy atom. The zero-order valence-corrected chi connectivity index (χ0v) is 23.3. The number of rotatable bonds is 7. The average molecular weight is 565 g/mol. The van der Waals surface area contributed by atoms with Crippen LogP contribution in [-0.2, 0) is 4.79 Å². The van der Waals surface area contributed by atoms with Gasteiger partial charge in [0.15, 0.2) is 5.11 Å². The minimum atomic E-state index is -0.229. The Balaban J connectivity index is 1.46. The summed E-state index contributed by atoms with van der Waals surface area (Å²) in [5.74, 6) is -0.0716. The van der Waals surface area contributed by atoms with Gasteiger partial charge in [0.25, 0.3) is 0 Å². The molecule has 2 aromatic carbocycles. The topological polar surface area (TPSA) is 62.2 Å². The van der Waals surface area contributed by atoms with Gasteiger partial charge in [0.2, 0.25) is 5.91 Å². The maximum atomic E-state index is 13.0. The van der Waals surface area contributed by atoms with Gasteiger partial charge >= 0.3 is 0 Å². The van der Waals surface area contributed by atoms with Crippen molar-refractivity contribution in [1.29, 1.82) is 0 Å². The molecular formula is C29H27Cl2N5OS. The Kier molecular flexibility index (Phi) is 7.70. The number of thiocarbonyl (C=S) groups is 1. The summed E-state index contributed by atoms with van der Waals surface area (Å²) in [5.41, 5.74) is 5.57. The van der Waals surface area contributed by atoms with E-state index < -0.39 is 0 Å². The number of carbonyl (C=O) groups is 1. The number of carbonyl (C=O) groups excluding carboxylic acids is 1. The molecule has 9 heteroatoms. The number of halogens is 2. The van der Waals surface area contributed by atoms with Crippen molar-refractivity contribution in [3.05, 3.63) is 112 Å². The maximum absolute atomic E-state index is 13.0. The lowest BCUT2D eigenvalue weighted by Crippen LogP contribution is -2.33. The molecule has 1 aliphatic heterocycles. The van der Waals surface area contributed by atoms with Crippen molar-refractivity contribution < 1.29 is 4.79 Å². The van der Waals surface area contributed by atoms with Crippen LogP contribution >= 0.6 is 35.4 Å². The van der Waals surface area contributed by atoms with Gasteiger partial charge in [-0.25, -0.2) is 0 Å². The SMILES string of the molecule is Cc1ccc(C)c(NC(=O)CCN2C(=S)N[C@H](c3ccccn3)[C@@H]2c2cccn2-c2ccc(Cl)cc2Cl)c1. The first-order chi connectivity index (χ1) is 18.3. The van der Waals surface area contributed by atoms with Crippen molar-refractivity contribution in [3.63, 3.8) is 0 Å². The molecule has 0 spiro atoms. The van der Waals surface area contributed by atoms with Gasteiger partial charge in [-0.3, -0.25) is 9.78 Å². The lowest BCUT2D eigenvalue weighted by molar-refractivity contribution is -0.116. The van der Waals surface area contributed by atoms with Crippen LogP contribution < -0.4 is 10.6 Å². The molecular weight excluding hydrogens is 537 g/mol. The van der Waals surface area contributed by atoms with Gasteiger partial charge in [0.05, 0.1) is 28.5 Å². The lowest BCUT2D eigenvalue weighted by atomic mass is 10.0. The Labute approximate surface area is 237 Å². The molecule has 1 saturated heterocycles. The predicted octanol–water partition coefficient (Wildman–Crippen LogP) is 6.80. The third-order valence-electron chi connectivity index (χ3n) is 6.70. The fraction of sp³-hybridized carbons (Fsp3) is 0.207. The van der Waals surface area contributed by atoms with E-state index >= 15 is 0 Å².